The Hall–Kier alpha value is -2.73. The number of carbonyl (C=O) groups is 1. The van der Waals surface area contributed by atoms with Crippen LogP contribution in [0.3, 0.4) is 0 Å². The lowest BCUT2D eigenvalue weighted by Crippen LogP contribution is -2.39. The first-order valence-electron chi connectivity index (χ1n) is 9.35. The van der Waals surface area contributed by atoms with Crippen LogP contribution in [-0.2, 0) is 11.3 Å². The lowest BCUT2D eigenvalue weighted by Gasteiger charge is -2.24. The standard InChI is InChI=1S/C22H30N2O4/c1-7-28-20-11-9-17(13-21(20)27-6)14-24(4)16(3)22(25)23-18-12-15(2)8-10-19(18)26-5/h8-13,16H,7,14H2,1-6H3,(H,23,25)/t16-/m0/s1. The average Bonchev–Trinajstić information content (AvgIpc) is 2.68. The highest BCUT2D eigenvalue weighted by molar-refractivity contribution is 5.95. The first-order valence-corrected chi connectivity index (χ1v) is 9.35. The quantitative estimate of drug-likeness (QED) is 0.709. The first kappa shape index (κ1) is 21.6. The molecule has 0 bridgehead atoms. The van der Waals surface area contributed by atoms with Gasteiger partial charge in [-0.2, -0.15) is 0 Å². The van der Waals surface area contributed by atoms with E-state index < -0.39 is 0 Å². The lowest BCUT2D eigenvalue weighted by atomic mass is 10.1. The van der Waals surface area contributed by atoms with Gasteiger partial charge in [0.05, 0.1) is 32.6 Å². The molecule has 0 fully saturated rings. The molecule has 1 N–H and O–H groups in total. The normalized spacial score (nSPS) is 11.8. The topological polar surface area (TPSA) is 60.0 Å². The maximum atomic E-state index is 12.7. The molecule has 1 amide bonds. The molecule has 0 radical (unpaired) electrons. The number of nitrogens with zero attached hydrogens (tertiary/aromatic N) is 1. The fraction of sp³-hybridized carbons (Fsp3) is 0.409. The number of ether oxygens (including phenoxy) is 3. The summed E-state index contributed by atoms with van der Waals surface area (Å²) < 4.78 is 16.3. The predicted molar refractivity (Wildman–Crippen MR) is 111 cm³/mol. The van der Waals surface area contributed by atoms with Crippen LogP contribution >= 0.6 is 0 Å². The third kappa shape index (κ3) is 5.39. The van der Waals surface area contributed by atoms with E-state index in [2.05, 4.69) is 5.32 Å². The molecule has 0 aliphatic rings. The Bertz CT molecular complexity index is 807. The van der Waals surface area contributed by atoms with Crippen molar-refractivity contribution in [2.75, 3.05) is 33.2 Å². The van der Waals surface area contributed by atoms with Crippen LogP contribution < -0.4 is 19.5 Å². The molecule has 0 unspecified atom stereocenters. The second-order valence-corrected chi connectivity index (χ2v) is 6.70. The van der Waals surface area contributed by atoms with Crippen LogP contribution in [0, 0.1) is 6.92 Å². The highest BCUT2D eigenvalue weighted by atomic mass is 16.5. The van der Waals surface area contributed by atoms with Crippen molar-refractivity contribution < 1.29 is 19.0 Å². The molecule has 0 spiro atoms. The Morgan fingerprint density at radius 3 is 2.39 bits per heavy atom. The van der Waals surface area contributed by atoms with E-state index in [0.717, 1.165) is 11.1 Å². The Labute approximate surface area is 167 Å². The van der Waals surface area contributed by atoms with Crippen LogP contribution in [0.2, 0.25) is 0 Å². The van der Waals surface area contributed by atoms with Gasteiger partial charge in [0.25, 0.3) is 0 Å². The number of aryl methyl sites for hydroxylation is 1. The van der Waals surface area contributed by atoms with Gasteiger partial charge in [-0.3, -0.25) is 9.69 Å². The monoisotopic (exact) mass is 386 g/mol. The number of rotatable bonds is 9. The summed E-state index contributed by atoms with van der Waals surface area (Å²) in [6.45, 7) is 6.97. The smallest absolute Gasteiger partial charge is 0.241 e. The van der Waals surface area contributed by atoms with Crippen LogP contribution in [-0.4, -0.2) is 44.7 Å². The largest absolute Gasteiger partial charge is 0.495 e. The van der Waals surface area contributed by atoms with Crippen molar-refractivity contribution in [1.29, 1.82) is 0 Å². The highest BCUT2D eigenvalue weighted by Gasteiger charge is 2.20. The summed E-state index contributed by atoms with van der Waals surface area (Å²) in [5, 5.41) is 2.97. The fourth-order valence-corrected chi connectivity index (χ4v) is 2.87. The summed E-state index contributed by atoms with van der Waals surface area (Å²) in [5.74, 6) is 1.96. The zero-order valence-electron chi connectivity index (χ0n) is 17.5. The molecule has 0 saturated carbocycles. The van der Waals surface area contributed by atoms with Crippen molar-refractivity contribution in [2.45, 2.75) is 33.4 Å². The van der Waals surface area contributed by atoms with Gasteiger partial charge in [0.1, 0.15) is 5.75 Å². The second-order valence-electron chi connectivity index (χ2n) is 6.70. The lowest BCUT2D eigenvalue weighted by molar-refractivity contribution is -0.120. The van der Waals surface area contributed by atoms with E-state index in [4.69, 9.17) is 14.2 Å². The number of carbonyl (C=O) groups excluding carboxylic acids is 1. The minimum atomic E-state index is -0.331. The Balaban J connectivity index is 2.07. The Morgan fingerprint density at radius 1 is 1.07 bits per heavy atom. The van der Waals surface area contributed by atoms with E-state index in [9.17, 15) is 4.79 Å². The van der Waals surface area contributed by atoms with Gasteiger partial charge in [-0.05, 0) is 63.2 Å². The van der Waals surface area contributed by atoms with Crippen molar-refractivity contribution in [3.05, 3.63) is 47.5 Å². The molecule has 152 valence electrons. The van der Waals surface area contributed by atoms with Gasteiger partial charge in [-0.15, -0.1) is 0 Å². The number of hydrogen-bond acceptors (Lipinski definition) is 5. The summed E-state index contributed by atoms with van der Waals surface area (Å²) in [5.41, 5.74) is 2.77. The predicted octanol–water partition coefficient (Wildman–Crippen LogP) is 3.87. The molecular weight excluding hydrogens is 356 g/mol. The molecule has 0 saturated heterocycles. The van der Waals surface area contributed by atoms with Crippen LogP contribution in [0.4, 0.5) is 5.69 Å². The number of hydrogen-bond donors (Lipinski definition) is 1. The van der Waals surface area contributed by atoms with Gasteiger partial charge >= 0.3 is 0 Å². The number of amides is 1. The van der Waals surface area contributed by atoms with Crippen molar-refractivity contribution in [3.8, 4) is 17.2 Å². The van der Waals surface area contributed by atoms with Gasteiger partial charge in [0.15, 0.2) is 11.5 Å². The molecular formula is C22H30N2O4. The molecule has 28 heavy (non-hydrogen) atoms. The summed E-state index contributed by atoms with van der Waals surface area (Å²) in [4.78, 5) is 14.7. The average molecular weight is 386 g/mol. The van der Waals surface area contributed by atoms with E-state index >= 15 is 0 Å². The summed E-state index contributed by atoms with van der Waals surface area (Å²) >= 11 is 0. The number of anilines is 1. The summed E-state index contributed by atoms with van der Waals surface area (Å²) in [6.07, 6.45) is 0. The van der Waals surface area contributed by atoms with Crippen LogP contribution in [0.15, 0.2) is 36.4 Å². The van der Waals surface area contributed by atoms with Crippen molar-refractivity contribution in [1.82, 2.24) is 4.90 Å². The zero-order valence-corrected chi connectivity index (χ0v) is 17.5. The maximum Gasteiger partial charge on any atom is 0.241 e. The van der Waals surface area contributed by atoms with E-state index in [-0.39, 0.29) is 11.9 Å². The zero-order chi connectivity index (χ0) is 20.7. The number of methoxy groups -OCH3 is 2. The molecule has 6 heteroatoms. The van der Waals surface area contributed by atoms with Crippen LogP contribution in [0.5, 0.6) is 17.2 Å². The minimum absolute atomic E-state index is 0.0932. The molecule has 6 nitrogen and oxygen atoms in total. The Morgan fingerprint density at radius 2 is 1.75 bits per heavy atom. The molecule has 0 aliphatic carbocycles. The number of likely N-dealkylation sites (N-methyl/N-ethyl adjacent to an activating group) is 1. The number of nitrogens with one attached hydrogen (secondary N) is 1. The van der Waals surface area contributed by atoms with Gasteiger partial charge < -0.3 is 19.5 Å². The van der Waals surface area contributed by atoms with Crippen LogP contribution in [0.25, 0.3) is 0 Å². The molecule has 1 atom stereocenters. The van der Waals surface area contributed by atoms with E-state index in [1.807, 2.05) is 69.1 Å². The summed E-state index contributed by atoms with van der Waals surface area (Å²) in [6, 6.07) is 11.2. The molecule has 2 aromatic rings. The minimum Gasteiger partial charge on any atom is -0.495 e. The third-order valence-electron chi connectivity index (χ3n) is 4.61. The molecule has 0 aliphatic heterocycles. The van der Waals surface area contributed by atoms with E-state index in [1.165, 1.54) is 0 Å². The molecule has 0 aromatic heterocycles. The highest BCUT2D eigenvalue weighted by Crippen LogP contribution is 2.29. The van der Waals surface area contributed by atoms with Crippen LogP contribution in [0.1, 0.15) is 25.0 Å². The third-order valence-corrected chi connectivity index (χ3v) is 4.61. The van der Waals surface area contributed by atoms with E-state index in [0.29, 0.717) is 36.1 Å². The molecule has 0 heterocycles. The molecule has 2 rings (SSSR count). The maximum absolute atomic E-state index is 12.7. The van der Waals surface area contributed by atoms with E-state index in [1.54, 1.807) is 14.2 Å². The fourth-order valence-electron chi connectivity index (χ4n) is 2.87. The van der Waals surface area contributed by atoms with Crippen molar-refractivity contribution >= 4 is 11.6 Å². The van der Waals surface area contributed by atoms with Gasteiger partial charge in [0.2, 0.25) is 5.91 Å². The second kappa shape index (κ2) is 9.99. The van der Waals surface area contributed by atoms with Crippen molar-refractivity contribution in [3.63, 3.8) is 0 Å². The SMILES string of the molecule is CCOc1ccc(CN(C)[C@@H](C)C(=O)Nc2cc(C)ccc2OC)cc1OC. The molecule has 2 aromatic carbocycles. The Kier molecular flexibility index (Phi) is 7.70. The summed E-state index contributed by atoms with van der Waals surface area (Å²) in [7, 11) is 5.13. The van der Waals surface area contributed by atoms with Crippen molar-refractivity contribution in [2.24, 2.45) is 0 Å². The van der Waals surface area contributed by atoms with Gasteiger partial charge in [0, 0.05) is 6.54 Å². The van der Waals surface area contributed by atoms with Gasteiger partial charge in [-0.1, -0.05) is 12.1 Å². The van der Waals surface area contributed by atoms with Gasteiger partial charge in [-0.25, -0.2) is 0 Å². The first-order chi connectivity index (χ1) is 13.4. The number of benzene rings is 2.